The van der Waals surface area contributed by atoms with Crippen molar-refractivity contribution in [1.29, 1.82) is 0 Å². The second-order valence-electron chi connectivity index (χ2n) is 16.8. The average molecular weight is 826 g/mol. The van der Waals surface area contributed by atoms with Gasteiger partial charge in [0.2, 0.25) is 0 Å². The number of esters is 2. The van der Waals surface area contributed by atoms with Crippen LogP contribution in [0.4, 0.5) is 0 Å². The molecule has 338 valence electrons. The second kappa shape index (κ2) is 41.5. The summed E-state index contributed by atoms with van der Waals surface area (Å²) in [5, 5.41) is 11.6. The third-order valence-corrected chi connectivity index (χ3v) is 10.2. The number of carbonyl (C=O) groups excluding carboxylic acids is 3. The number of rotatable bonds is 41. The minimum Gasteiger partial charge on any atom is -0.544 e. The Morgan fingerprint density at radius 3 is 1.44 bits per heavy atom. The summed E-state index contributed by atoms with van der Waals surface area (Å²) in [7, 11) is 5.39. The van der Waals surface area contributed by atoms with Crippen molar-refractivity contribution in [1.82, 2.24) is 0 Å². The van der Waals surface area contributed by atoms with E-state index in [9.17, 15) is 19.5 Å². The van der Waals surface area contributed by atoms with E-state index in [2.05, 4.69) is 50.3 Å². The Hall–Kier alpha value is -3.23. The molecule has 0 heterocycles. The number of hydrogen-bond acceptors (Lipinski definition) is 7. The molecule has 2 atom stereocenters. The Morgan fingerprint density at radius 1 is 0.508 bits per heavy atom. The van der Waals surface area contributed by atoms with Crippen molar-refractivity contribution in [2.24, 2.45) is 0 Å². The molecule has 0 aromatic heterocycles. The standard InChI is InChI=1S/C51H87NO7/c1-6-8-10-12-14-16-18-20-22-24-26-28-30-32-34-36-38-40-42-50(54)59-47(45-57-44-43-48(51(55)56)52(3,4)5)46-58-49(53)41-39-37-35-33-31-29-27-25-23-21-19-17-15-13-11-9-7-2/h10,12,14,16,18,20-24,26,28,47-48H,6-9,11,13,15,17,19,25,27,29-46H2,1-5H3/b12-10+,16-14+,20-18+,23-21+,24-22+,28-26+. The topological polar surface area (TPSA) is 102 Å². The van der Waals surface area contributed by atoms with Crippen LogP contribution in [0.5, 0.6) is 0 Å². The molecule has 2 unspecified atom stereocenters. The van der Waals surface area contributed by atoms with E-state index in [0.29, 0.717) is 6.42 Å². The number of likely N-dealkylation sites (N-methyl/N-ethyl adjacent to an activating group) is 1. The maximum absolute atomic E-state index is 12.7. The second-order valence-corrected chi connectivity index (χ2v) is 16.8. The van der Waals surface area contributed by atoms with Crippen molar-refractivity contribution in [3.63, 3.8) is 0 Å². The van der Waals surface area contributed by atoms with Crippen molar-refractivity contribution >= 4 is 17.9 Å². The quantitative estimate of drug-likeness (QED) is 0.0199. The SMILES string of the molecule is CCC/C=C/C=C/C=C/C=C/C=C/CCCCCCCC(=O)OC(COCCC(C(=O)[O-])[N+](C)(C)C)COC(=O)CCCCCCCCC/C=C/CCCCCCCC. The van der Waals surface area contributed by atoms with Crippen LogP contribution in [0.15, 0.2) is 72.9 Å². The lowest BCUT2D eigenvalue weighted by atomic mass is 10.1. The monoisotopic (exact) mass is 826 g/mol. The van der Waals surface area contributed by atoms with Gasteiger partial charge in [0.1, 0.15) is 12.6 Å². The van der Waals surface area contributed by atoms with Crippen LogP contribution in [-0.2, 0) is 28.6 Å². The number of unbranched alkanes of at least 4 members (excludes halogenated alkanes) is 19. The van der Waals surface area contributed by atoms with Gasteiger partial charge in [0.25, 0.3) is 0 Å². The highest BCUT2D eigenvalue weighted by molar-refractivity contribution is 5.70. The fourth-order valence-electron chi connectivity index (χ4n) is 6.51. The lowest BCUT2D eigenvalue weighted by molar-refractivity contribution is -0.889. The van der Waals surface area contributed by atoms with Gasteiger partial charge in [0.15, 0.2) is 6.10 Å². The number of carbonyl (C=O) groups is 3. The number of allylic oxidation sites excluding steroid dienone is 12. The van der Waals surface area contributed by atoms with Crippen molar-refractivity contribution < 1.29 is 38.2 Å². The van der Waals surface area contributed by atoms with Crippen molar-refractivity contribution in [3.8, 4) is 0 Å². The smallest absolute Gasteiger partial charge is 0.306 e. The molecule has 0 amide bonds. The van der Waals surface area contributed by atoms with E-state index in [1.807, 2.05) is 36.5 Å². The first-order chi connectivity index (χ1) is 28.6. The van der Waals surface area contributed by atoms with Gasteiger partial charge >= 0.3 is 11.9 Å². The maximum atomic E-state index is 12.7. The van der Waals surface area contributed by atoms with Crippen LogP contribution >= 0.6 is 0 Å². The van der Waals surface area contributed by atoms with E-state index in [1.54, 1.807) is 21.1 Å². The van der Waals surface area contributed by atoms with Crippen LogP contribution in [0.25, 0.3) is 0 Å². The molecule has 0 aliphatic heterocycles. The molecular weight excluding hydrogens is 739 g/mol. The van der Waals surface area contributed by atoms with E-state index in [4.69, 9.17) is 14.2 Å². The molecule has 0 rings (SSSR count). The predicted octanol–water partition coefficient (Wildman–Crippen LogP) is 11.8. The van der Waals surface area contributed by atoms with Gasteiger partial charge in [-0.3, -0.25) is 9.59 Å². The molecule has 0 radical (unpaired) electrons. The normalized spacial score (nSPS) is 13.6. The van der Waals surface area contributed by atoms with Gasteiger partial charge in [-0.15, -0.1) is 0 Å². The van der Waals surface area contributed by atoms with Crippen LogP contribution in [0, 0.1) is 0 Å². The summed E-state index contributed by atoms with van der Waals surface area (Å²) in [4.78, 5) is 36.9. The summed E-state index contributed by atoms with van der Waals surface area (Å²) < 4.78 is 17.2. The zero-order chi connectivity index (χ0) is 43.5. The zero-order valence-corrected chi connectivity index (χ0v) is 38.4. The van der Waals surface area contributed by atoms with Gasteiger partial charge in [-0.1, -0.05) is 177 Å². The first kappa shape index (κ1) is 55.8. The molecule has 8 heteroatoms. The molecule has 0 saturated carbocycles. The van der Waals surface area contributed by atoms with Gasteiger partial charge in [0, 0.05) is 19.3 Å². The number of hydrogen-bond donors (Lipinski definition) is 0. The van der Waals surface area contributed by atoms with Crippen LogP contribution < -0.4 is 5.11 Å². The summed E-state index contributed by atoms with van der Waals surface area (Å²) in [5.41, 5.74) is 0. The molecule has 8 nitrogen and oxygen atoms in total. The van der Waals surface area contributed by atoms with Crippen LogP contribution in [0.3, 0.4) is 0 Å². The highest BCUT2D eigenvalue weighted by atomic mass is 16.6. The summed E-state index contributed by atoms with van der Waals surface area (Å²) in [6, 6.07) is -0.735. The lowest BCUT2D eigenvalue weighted by Crippen LogP contribution is -2.55. The molecule has 0 saturated heterocycles. The Balaban J connectivity index is 4.39. The maximum Gasteiger partial charge on any atom is 0.306 e. The number of carboxylic acids is 1. The minimum absolute atomic E-state index is 0.0254. The van der Waals surface area contributed by atoms with E-state index < -0.39 is 18.1 Å². The van der Waals surface area contributed by atoms with Gasteiger partial charge in [-0.05, 0) is 57.8 Å². The molecule has 59 heavy (non-hydrogen) atoms. The molecular formula is C51H87NO7. The Labute approximate surface area is 361 Å². The summed E-state index contributed by atoms with van der Waals surface area (Å²) in [6.45, 7) is 4.53. The third kappa shape index (κ3) is 40.0. The fourth-order valence-corrected chi connectivity index (χ4v) is 6.51. The number of nitrogens with zero attached hydrogens (tertiary/aromatic N) is 1. The van der Waals surface area contributed by atoms with E-state index in [-0.39, 0.29) is 49.1 Å². The number of aliphatic carboxylic acids is 1. The summed E-state index contributed by atoms with van der Waals surface area (Å²) >= 11 is 0. The molecule has 0 fully saturated rings. The van der Waals surface area contributed by atoms with Gasteiger partial charge in [0.05, 0.1) is 40.3 Å². The molecule has 0 aromatic carbocycles. The van der Waals surface area contributed by atoms with Crippen molar-refractivity contribution in [2.75, 3.05) is 41.0 Å². The van der Waals surface area contributed by atoms with E-state index in [1.165, 1.54) is 83.5 Å². The van der Waals surface area contributed by atoms with Gasteiger partial charge < -0.3 is 28.6 Å². The summed E-state index contributed by atoms with van der Waals surface area (Å²) in [5.74, 6) is -1.78. The Kier molecular flexibility index (Phi) is 39.2. The first-order valence-electron chi connectivity index (χ1n) is 23.5. The molecule has 0 N–H and O–H groups in total. The van der Waals surface area contributed by atoms with Crippen molar-refractivity contribution in [2.45, 2.75) is 193 Å². The Bertz CT molecular complexity index is 1190. The molecule has 0 bridgehead atoms. The number of carboxylic acid groups (broad SMARTS) is 1. The van der Waals surface area contributed by atoms with E-state index in [0.717, 1.165) is 64.2 Å². The first-order valence-corrected chi connectivity index (χ1v) is 23.5. The van der Waals surface area contributed by atoms with Crippen LogP contribution in [-0.4, -0.2) is 75.5 Å². The zero-order valence-electron chi connectivity index (χ0n) is 38.4. The number of ether oxygens (including phenoxy) is 3. The average Bonchev–Trinajstić information content (AvgIpc) is 3.19. The fraction of sp³-hybridized carbons (Fsp3) is 0.706. The molecule has 0 aromatic rings. The largest absolute Gasteiger partial charge is 0.544 e. The lowest BCUT2D eigenvalue weighted by Gasteiger charge is -2.34. The molecule has 0 aliphatic rings. The highest BCUT2D eigenvalue weighted by Gasteiger charge is 2.25. The van der Waals surface area contributed by atoms with Crippen LogP contribution in [0.1, 0.15) is 181 Å². The van der Waals surface area contributed by atoms with Gasteiger partial charge in [-0.2, -0.15) is 0 Å². The molecule has 0 spiro atoms. The Morgan fingerprint density at radius 2 is 0.949 bits per heavy atom. The molecule has 0 aliphatic carbocycles. The highest BCUT2D eigenvalue weighted by Crippen LogP contribution is 2.14. The van der Waals surface area contributed by atoms with Crippen LogP contribution in [0.2, 0.25) is 0 Å². The van der Waals surface area contributed by atoms with Crippen molar-refractivity contribution in [3.05, 3.63) is 72.9 Å². The minimum atomic E-state index is -1.13. The van der Waals surface area contributed by atoms with Gasteiger partial charge in [-0.25, -0.2) is 0 Å². The number of quaternary nitrogens is 1. The van der Waals surface area contributed by atoms with E-state index >= 15 is 0 Å². The summed E-state index contributed by atoms with van der Waals surface area (Å²) in [6.07, 6.45) is 52.0. The third-order valence-electron chi connectivity index (χ3n) is 10.2. The predicted molar refractivity (Wildman–Crippen MR) is 245 cm³/mol.